The van der Waals surface area contributed by atoms with Gasteiger partial charge in [0.1, 0.15) is 0 Å². The van der Waals surface area contributed by atoms with Crippen molar-refractivity contribution in [2.24, 2.45) is 0 Å². The Labute approximate surface area is 111 Å². The summed E-state index contributed by atoms with van der Waals surface area (Å²) < 4.78 is 0. The maximum absolute atomic E-state index is 11.4. The molecule has 0 aromatic heterocycles. The lowest BCUT2D eigenvalue weighted by molar-refractivity contribution is -0.120. The van der Waals surface area contributed by atoms with Crippen molar-refractivity contribution in [2.75, 3.05) is 18.4 Å². The van der Waals surface area contributed by atoms with Crippen molar-refractivity contribution < 1.29 is 9.59 Å². The number of benzene rings is 1. The third-order valence-corrected chi connectivity index (χ3v) is 2.34. The Morgan fingerprint density at radius 3 is 2.44 bits per heavy atom. The number of carbonyl (C=O) groups is 2. The van der Waals surface area contributed by atoms with Gasteiger partial charge in [0.05, 0.1) is 6.54 Å². The van der Waals surface area contributed by atoms with Crippen molar-refractivity contribution in [1.29, 1.82) is 0 Å². The molecule has 0 saturated carbocycles. The summed E-state index contributed by atoms with van der Waals surface area (Å²) >= 11 is 5.72. The van der Waals surface area contributed by atoms with Crippen molar-refractivity contribution >= 4 is 29.2 Å². The van der Waals surface area contributed by atoms with Gasteiger partial charge < -0.3 is 16.0 Å². The first kappa shape index (κ1) is 14.3. The van der Waals surface area contributed by atoms with E-state index < -0.39 is 6.03 Å². The normalized spacial score (nSPS) is 9.67. The van der Waals surface area contributed by atoms with Gasteiger partial charge in [-0.25, -0.2) is 4.79 Å². The van der Waals surface area contributed by atoms with Gasteiger partial charge in [0, 0.05) is 17.3 Å². The standard InChI is InChI=1S/C12H16ClN3O2/c1-2-7-14-11(17)8-15-12(18)16-10-5-3-9(13)4-6-10/h3-6H,2,7-8H2,1H3,(H,14,17)(H2,15,16,18). The Hall–Kier alpha value is -1.75. The van der Waals surface area contributed by atoms with Crippen molar-refractivity contribution in [3.63, 3.8) is 0 Å². The molecule has 6 heteroatoms. The summed E-state index contributed by atoms with van der Waals surface area (Å²) in [6, 6.07) is 6.28. The molecule has 5 nitrogen and oxygen atoms in total. The van der Waals surface area contributed by atoms with Crippen LogP contribution in [0.3, 0.4) is 0 Å². The topological polar surface area (TPSA) is 70.2 Å². The zero-order valence-electron chi connectivity index (χ0n) is 10.1. The van der Waals surface area contributed by atoms with Crippen molar-refractivity contribution in [2.45, 2.75) is 13.3 Å². The van der Waals surface area contributed by atoms with Gasteiger partial charge in [-0.3, -0.25) is 4.79 Å². The highest BCUT2D eigenvalue weighted by Gasteiger charge is 2.04. The fraction of sp³-hybridized carbons (Fsp3) is 0.333. The third kappa shape index (κ3) is 5.54. The van der Waals surface area contributed by atoms with Crippen molar-refractivity contribution in [3.05, 3.63) is 29.3 Å². The maximum Gasteiger partial charge on any atom is 0.319 e. The van der Waals surface area contributed by atoms with E-state index in [0.29, 0.717) is 17.3 Å². The highest BCUT2D eigenvalue weighted by atomic mass is 35.5. The van der Waals surface area contributed by atoms with Crippen LogP contribution in [0.2, 0.25) is 5.02 Å². The predicted octanol–water partition coefficient (Wildman–Crippen LogP) is 1.99. The van der Waals surface area contributed by atoms with E-state index in [2.05, 4.69) is 16.0 Å². The van der Waals surface area contributed by atoms with Crippen LogP contribution in [0.5, 0.6) is 0 Å². The molecule has 0 saturated heterocycles. The number of anilines is 1. The number of halogens is 1. The summed E-state index contributed by atoms with van der Waals surface area (Å²) in [5, 5.41) is 8.31. The van der Waals surface area contributed by atoms with Gasteiger partial charge in [-0.2, -0.15) is 0 Å². The van der Waals surface area contributed by atoms with Crippen LogP contribution in [-0.4, -0.2) is 25.0 Å². The molecular formula is C12H16ClN3O2. The Bertz CT molecular complexity index is 406. The highest BCUT2D eigenvalue weighted by Crippen LogP contribution is 2.12. The van der Waals surface area contributed by atoms with Crippen molar-refractivity contribution in [1.82, 2.24) is 10.6 Å². The minimum Gasteiger partial charge on any atom is -0.355 e. The number of carbonyl (C=O) groups excluding carboxylic acids is 2. The molecule has 3 amide bonds. The molecule has 1 aromatic rings. The summed E-state index contributed by atoms with van der Waals surface area (Å²) in [6.07, 6.45) is 0.864. The number of amides is 3. The number of urea groups is 1. The molecule has 0 heterocycles. The molecule has 0 atom stereocenters. The fourth-order valence-electron chi connectivity index (χ4n) is 1.20. The molecule has 0 bridgehead atoms. The van der Waals surface area contributed by atoms with E-state index >= 15 is 0 Å². The minimum absolute atomic E-state index is 0.0422. The Morgan fingerprint density at radius 1 is 1.17 bits per heavy atom. The molecule has 98 valence electrons. The van der Waals surface area contributed by atoms with E-state index in [9.17, 15) is 9.59 Å². The fourth-order valence-corrected chi connectivity index (χ4v) is 1.32. The molecule has 0 spiro atoms. The molecular weight excluding hydrogens is 254 g/mol. The van der Waals surface area contributed by atoms with Crippen LogP contribution in [-0.2, 0) is 4.79 Å². The van der Waals surface area contributed by atoms with E-state index in [1.165, 1.54) is 0 Å². The Morgan fingerprint density at radius 2 is 1.83 bits per heavy atom. The highest BCUT2D eigenvalue weighted by molar-refractivity contribution is 6.30. The maximum atomic E-state index is 11.4. The molecule has 18 heavy (non-hydrogen) atoms. The van der Waals surface area contributed by atoms with Gasteiger partial charge in [0.2, 0.25) is 5.91 Å². The lowest BCUT2D eigenvalue weighted by Crippen LogP contribution is -2.39. The summed E-state index contributed by atoms with van der Waals surface area (Å²) in [4.78, 5) is 22.7. The molecule has 0 fully saturated rings. The largest absolute Gasteiger partial charge is 0.355 e. The number of hydrogen-bond acceptors (Lipinski definition) is 2. The molecule has 0 aliphatic heterocycles. The number of hydrogen-bond donors (Lipinski definition) is 3. The number of nitrogens with one attached hydrogen (secondary N) is 3. The van der Waals surface area contributed by atoms with Gasteiger partial charge >= 0.3 is 6.03 Å². The molecule has 0 unspecified atom stereocenters. The van der Waals surface area contributed by atoms with Gasteiger partial charge in [-0.1, -0.05) is 18.5 Å². The zero-order valence-corrected chi connectivity index (χ0v) is 10.9. The zero-order chi connectivity index (χ0) is 13.4. The van der Waals surface area contributed by atoms with Crippen LogP contribution >= 0.6 is 11.6 Å². The predicted molar refractivity (Wildman–Crippen MR) is 71.8 cm³/mol. The van der Waals surface area contributed by atoms with Crippen LogP contribution in [0.15, 0.2) is 24.3 Å². The summed E-state index contributed by atoms with van der Waals surface area (Å²) in [7, 11) is 0. The summed E-state index contributed by atoms with van der Waals surface area (Å²) in [5.74, 6) is -0.205. The third-order valence-electron chi connectivity index (χ3n) is 2.08. The first-order valence-electron chi connectivity index (χ1n) is 5.69. The second-order valence-corrected chi connectivity index (χ2v) is 4.10. The average Bonchev–Trinajstić information content (AvgIpc) is 2.36. The smallest absolute Gasteiger partial charge is 0.319 e. The average molecular weight is 270 g/mol. The van der Waals surface area contributed by atoms with E-state index in [-0.39, 0.29) is 12.5 Å². The Balaban J connectivity index is 2.29. The van der Waals surface area contributed by atoms with Crippen molar-refractivity contribution in [3.8, 4) is 0 Å². The lowest BCUT2D eigenvalue weighted by Gasteiger charge is -2.07. The van der Waals surface area contributed by atoms with Crippen LogP contribution in [0.1, 0.15) is 13.3 Å². The first-order valence-corrected chi connectivity index (χ1v) is 6.06. The second kappa shape index (κ2) is 7.55. The molecule has 3 N–H and O–H groups in total. The van der Waals surface area contributed by atoms with Crippen LogP contribution in [0, 0.1) is 0 Å². The SMILES string of the molecule is CCCNC(=O)CNC(=O)Nc1ccc(Cl)cc1. The summed E-state index contributed by atoms with van der Waals surface area (Å²) in [6.45, 7) is 2.53. The lowest BCUT2D eigenvalue weighted by atomic mass is 10.3. The van der Waals surface area contributed by atoms with E-state index in [4.69, 9.17) is 11.6 Å². The molecule has 1 rings (SSSR count). The molecule has 0 aliphatic rings. The molecule has 1 aromatic carbocycles. The van der Waals surface area contributed by atoms with Gasteiger partial charge in [0.15, 0.2) is 0 Å². The van der Waals surface area contributed by atoms with Crippen LogP contribution in [0.4, 0.5) is 10.5 Å². The van der Waals surface area contributed by atoms with E-state index in [1.54, 1.807) is 24.3 Å². The van der Waals surface area contributed by atoms with Crippen LogP contribution in [0.25, 0.3) is 0 Å². The van der Waals surface area contributed by atoms with Gasteiger partial charge in [-0.05, 0) is 30.7 Å². The summed E-state index contributed by atoms with van der Waals surface area (Å²) in [5.41, 5.74) is 0.617. The van der Waals surface area contributed by atoms with E-state index in [0.717, 1.165) is 6.42 Å². The molecule has 0 aliphatic carbocycles. The van der Waals surface area contributed by atoms with Gasteiger partial charge in [0.25, 0.3) is 0 Å². The number of rotatable bonds is 5. The first-order chi connectivity index (χ1) is 8.61. The van der Waals surface area contributed by atoms with Gasteiger partial charge in [-0.15, -0.1) is 0 Å². The van der Waals surface area contributed by atoms with E-state index in [1.807, 2.05) is 6.92 Å². The monoisotopic (exact) mass is 269 g/mol. The second-order valence-electron chi connectivity index (χ2n) is 3.66. The minimum atomic E-state index is -0.427. The quantitative estimate of drug-likeness (QED) is 0.765. The molecule has 0 radical (unpaired) electrons. The van der Waals surface area contributed by atoms with Crippen LogP contribution < -0.4 is 16.0 Å². The Kier molecular flexibility index (Phi) is 6.00.